The summed E-state index contributed by atoms with van der Waals surface area (Å²) >= 11 is 0. The van der Waals surface area contributed by atoms with E-state index < -0.39 is 0 Å². The molecule has 1 amide bonds. The van der Waals surface area contributed by atoms with E-state index in [4.69, 9.17) is 9.72 Å². The molecule has 1 atom stereocenters. The Balaban J connectivity index is 1.43. The number of amides is 1. The quantitative estimate of drug-likeness (QED) is 0.573. The van der Waals surface area contributed by atoms with E-state index >= 15 is 0 Å². The van der Waals surface area contributed by atoms with Crippen molar-refractivity contribution in [2.24, 2.45) is 5.92 Å². The number of carbonyl (C=O) groups excluding carboxylic acids is 1. The largest absolute Gasteiger partial charge is 0.367 e. The molecule has 0 saturated heterocycles. The van der Waals surface area contributed by atoms with Gasteiger partial charge in [-0.25, -0.2) is 4.98 Å². The molecule has 0 bridgehead atoms. The van der Waals surface area contributed by atoms with E-state index in [1.165, 1.54) is 25.3 Å². The van der Waals surface area contributed by atoms with Crippen LogP contribution >= 0.6 is 0 Å². The van der Waals surface area contributed by atoms with Crippen LogP contribution in [0.5, 0.6) is 0 Å². The van der Waals surface area contributed by atoms with Gasteiger partial charge in [-0.1, -0.05) is 31.4 Å². The molecule has 3 N–H and O–H groups in total. The Kier molecular flexibility index (Phi) is 6.05. The van der Waals surface area contributed by atoms with E-state index in [1.54, 1.807) is 12.3 Å². The molecule has 7 heteroatoms. The minimum Gasteiger partial charge on any atom is -0.367 e. The lowest BCUT2D eigenvalue weighted by atomic mass is 9.83. The number of hydrogen-bond donors (Lipinski definition) is 3. The number of para-hydroxylation sites is 2. The third kappa shape index (κ3) is 4.92. The van der Waals surface area contributed by atoms with Gasteiger partial charge in [0.2, 0.25) is 11.5 Å². The highest BCUT2D eigenvalue weighted by Gasteiger charge is 2.29. The van der Waals surface area contributed by atoms with Crippen LogP contribution in [0, 0.1) is 5.92 Å². The minimum absolute atomic E-state index is 0.0593. The summed E-state index contributed by atoms with van der Waals surface area (Å²) in [5.74, 6) is 0.993. The summed E-state index contributed by atoms with van der Waals surface area (Å²) in [6, 6.07) is 11.0. The number of carbonyl (C=O) groups is 1. The molecule has 1 fully saturated rings. The highest BCUT2D eigenvalue weighted by molar-refractivity contribution is 5.78. The molecule has 29 heavy (non-hydrogen) atoms. The van der Waals surface area contributed by atoms with Crippen molar-refractivity contribution in [3.8, 4) is 0 Å². The Morgan fingerprint density at radius 1 is 1.21 bits per heavy atom. The fourth-order valence-corrected chi connectivity index (χ4v) is 4.05. The second kappa shape index (κ2) is 9.05. The molecule has 7 nitrogen and oxygen atoms in total. The zero-order chi connectivity index (χ0) is 20.1. The summed E-state index contributed by atoms with van der Waals surface area (Å²) in [4.78, 5) is 34.6. The Morgan fingerprint density at radius 2 is 2.03 bits per heavy atom. The third-order valence-electron chi connectivity index (χ3n) is 5.48. The Morgan fingerprint density at radius 3 is 2.83 bits per heavy atom. The van der Waals surface area contributed by atoms with Gasteiger partial charge in [-0.2, -0.15) is 0 Å². The first-order valence-electron chi connectivity index (χ1n) is 10.2. The van der Waals surface area contributed by atoms with E-state index in [9.17, 15) is 9.59 Å². The maximum atomic E-state index is 12.6. The average Bonchev–Trinajstić information content (AvgIpc) is 3.17. The molecular weight excluding hydrogens is 368 g/mol. The first-order valence-corrected chi connectivity index (χ1v) is 10.2. The molecule has 2 heterocycles. The van der Waals surface area contributed by atoms with Crippen LogP contribution in [-0.2, 0) is 16.1 Å². The number of fused-ring (bicyclic) bond motifs is 1. The van der Waals surface area contributed by atoms with Gasteiger partial charge < -0.3 is 20.0 Å². The molecule has 1 unspecified atom stereocenters. The van der Waals surface area contributed by atoms with Crippen LogP contribution in [-0.4, -0.2) is 27.5 Å². The van der Waals surface area contributed by atoms with E-state index in [-0.39, 0.29) is 30.7 Å². The number of rotatable bonds is 7. The summed E-state index contributed by atoms with van der Waals surface area (Å²) in [5, 5.41) is 3.14. The van der Waals surface area contributed by atoms with Gasteiger partial charge >= 0.3 is 0 Å². The predicted molar refractivity (Wildman–Crippen MR) is 110 cm³/mol. The van der Waals surface area contributed by atoms with Crippen molar-refractivity contribution < 1.29 is 9.53 Å². The molecular formula is C22H26N4O3. The van der Waals surface area contributed by atoms with Crippen LogP contribution < -0.4 is 10.9 Å². The fourth-order valence-electron chi connectivity index (χ4n) is 4.05. The second-order valence-corrected chi connectivity index (χ2v) is 7.64. The summed E-state index contributed by atoms with van der Waals surface area (Å²) in [6.07, 6.45) is 7.33. The molecule has 1 saturated carbocycles. The molecule has 1 aromatic carbocycles. The summed E-state index contributed by atoms with van der Waals surface area (Å²) in [5.41, 5.74) is 2.44. The average molecular weight is 394 g/mol. The number of nitrogens with zero attached hydrogens (tertiary/aromatic N) is 1. The van der Waals surface area contributed by atoms with Crippen LogP contribution in [0.2, 0.25) is 0 Å². The number of pyridine rings is 1. The molecule has 0 radical (unpaired) electrons. The van der Waals surface area contributed by atoms with E-state index in [1.807, 2.05) is 24.3 Å². The number of hydrogen-bond acceptors (Lipinski definition) is 4. The maximum absolute atomic E-state index is 12.6. The molecule has 0 spiro atoms. The first kappa shape index (κ1) is 19.4. The Hall–Kier alpha value is -2.93. The number of nitrogens with one attached hydrogen (secondary N) is 3. The highest BCUT2D eigenvalue weighted by Crippen LogP contribution is 2.34. The monoisotopic (exact) mass is 394 g/mol. The molecule has 152 valence electrons. The standard InChI is InChI=1S/C22H26N4O3/c27-19-12-15(10-11-23-19)13-29-14-20(28)26-21(16-6-2-1-3-7-16)22-24-17-8-4-5-9-18(17)25-22/h4-5,8-12,16,21H,1-3,6-7,13-14H2,(H,23,27)(H,24,25)(H,26,28). The molecule has 1 aliphatic carbocycles. The van der Waals surface area contributed by atoms with Crippen molar-refractivity contribution in [3.05, 3.63) is 64.3 Å². The van der Waals surface area contributed by atoms with Crippen LogP contribution in [0.3, 0.4) is 0 Å². The van der Waals surface area contributed by atoms with Crippen LogP contribution in [0.25, 0.3) is 11.0 Å². The smallest absolute Gasteiger partial charge is 0.248 e. The molecule has 1 aliphatic rings. The van der Waals surface area contributed by atoms with E-state index in [0.29, 0.717) is 5.92 Å². The number of imidazole rings is 1. The van der Waals surface area contributed by atoms with Crippen molar-refractivity contribution in [1.82, 2.24) is 20.3 Å². The minimum atomic E-state index is -0.183. The zero-order valence-electron chi connectivity index (χ0n) is 16.3. The third-order valence-corrected chi connectivity index (χ3v) is 5.48. The Bertz CT molecular complexity index is 987. The van der Waals surface area contributed by atoms with Gasteiger partial charge in [0, 0.05) is 12.3 Å². The van der Waals surface area contributed by atoms with Gasteiger partial charge in [-0.05, 0) is 42.5 Å². The van der Waals surface area contributed by atoms with Crippen molar-refractivity contribution >= 4 is 16.9 Å². The van der Waals surface area contributed by atoms with Gasteiger partial charge in [0.05, 0.1) is 23.7 Å². The molecule has 0 aliphatic heterocycles. The number of ether oxygens (including phenoxy) is 1. The van der Waals surface area contributed by atoms with Crippen molar-refractivity contribution in [2.45, 2.75) is 44.8 Å². The number of H-pyrrole nitrogens is 2. The first-order chi connectivity index (χ1) is 14.2. The molecule has 4 rings (SSSR count). The van der Waals surface area contributed by atoms with Crippen LogP contribution in [0.1, 0.15) is 49.5 Å². The lowest BCUT2D eigenvalue weighted by Crippen LogP contribution is -2.37. The van der Waals surface area contributed by atoms with Crippen molar-refractivity contribution in [3.63, 3.8) is 0 Å². The summed E-state index contributed by atoms with van der Waals surface area (Å²) in [7, 11) is 0. The molecule has 2 aromatic heterocycles. The molecule has 3 aromatic rings. The van der Waals surface area contributed by atoms with Gasteiger partial charge in [-0.3, -0.25) is 9.59 Å². The number of aromatic nitrogens is 3. The van der Waals surface area contributed by atoms with Crippen molar-refractivity contribution in [1.29, 1.82) is 0 Å². The van der Waals surface area contributed by atoms with E-state index in [0.717, 1.165) is 35.3 Å². The zero-order valence-corrected chi connectivity index (χ0v) is 16.3. The number of benzene rings is 1. The normalized spacial score (nSPS) is 16.0. The lowest BCUT2D eigenvalue weighted by Gasteiger charge is -2.29. The SMILES string of the molecule is O=C(COCc1cc[nH]c(=O)c1)NC(c1nc2ccccc2[nH]1)C1CCCCC1. The summed E-state index contributed by atoms with van der Waals surface area (Å²) < 4.78 is 5.52. The second-order valence-electron chi connectivity index (χ2n) is 7.64. The van der Waals surface area contributed by atoms with Crippen LogP contribution in [0.4, 0.5) is 0 Å². The van der Waals surface area contributed by atoms with Gasteiger partial charge in [-0.15, -0.1) is 0 Å². The summed E-state index contributed by atoms with van der Waals surface area (Å²) in [6.45, 7) is 0.159. The Labute approximate surface area is 168 Å². The van der Waals surface area contributed by atoms with Crippen molar-refractivity contribution in [2.75, 3.05) is 6.61 Å². The van der Waals surface area contributed by atoms with Crippen LogP contribution in [0.15, 0.2) is 47.4 Å². The maximum Gasteiger partial charge on any atom is 0.248 e. The topological polar surface area (TPSA) is 99.9 Å². The fraction of sp³-hybridized carbons (Fsp3) is 0.409. The predicted octanol–water partition coefficient (Wildman–Crippen LogP) is 3.21. The van der Waals surface area contributed by atoms with Gasteiger partial charge in [0.25, 0.3) is 0 Å². The van der Waals surface area contributed by atoms with Gasteiger partial charge in [0.15, 0.2) is 0 Å². The van der Waals surface area contributed by atoms with Gasteiger partial charge in [0.1, 0.15) is 12.4 Å². The lowest BCUT2D eigenvalue weighted by molar-refractivity contribution is -0.127. The van der Waals surface area contributed by atoms with E-state index in [2.05, 4.69) is 15.3 Å². The highest BCUT2D eigenvalue weighted by atomic mass is 16.5. The number of aromatic amines is 2.